The number of thioether (sulfide) groups is 1. The number of aromatic nitrogens is 5. The van der Waals surface area contributed by atoms with E-state index < -0.39 is 5.97 Å². The Balaban J connectivity index is 2.02. The molecule has 0 saturated carbocycles. The smallest absolute Gasteiger partial charge is 0.327 e. The summed E-state index contributed by atoms with van der Waals surface area (Å²) < 4.78 is 5.93. The summed E-state index contributed by atoms with van der Waals surface area (Å²) in [5.41, 5.74) is 1.28. The van der Waals surface area contributed by atoms with Crippen molar-refractivity contribution in [2.75, 3.05) is 7.11 Å². The van der Waals surface area contributed by atoms with Crippen LogP contribution in [0.15, 0.2) is 23.5 Å². The van der Waals surface area contributed by atoms with Crippen LogP contribution in [0.1, 0.15) is 11.3 Å². The number of rotatable bonds is 5. The summed E-state index contributed by atoms with van der Waals surface area (Å²) in [6.07, 6.45) is 1.58. The Bertz CT molecular complexity index is 650. The zero-order valence-corrected chi connectivity index (χ0v) is 11.4. The maximum atomic E-state index is 11.2. The molecule has 0 unspecified atom stereocenters. The number of carbonyl (C=O) groups is 1. The number of carbonyl (C=O) groups excluding carboxylic acids is 1. The predicted molar refractivity (Wildman–Crippen MR) is 68.3 cm³/mol. The Hall–Kier alpha value is -2.47. The minimum atomic E-state index is -0.421. The van der Waals surface area contributed by atoms with Gasteiger partial charge in [0.2, 0.25) is 5.16 Å². The highest BCUT2D eigenvalue weighted by molar-refractivity contribution is 7.98. The highest BCUT2D eigenvalue weighted by atomic mass is 32.2. The van der Waals surface area contributed by atoms with E-state index in [-0.39, 0.29) is 6.54 Å². The molecule has 2 aromatic rings. The summed E-state index contributed by atoms with van der Waals surface area (Å²) in [7, 11) is 1.31. The number of nitrogens with zero attached hydrogens (tertiary/aromatic N) is 6. The molecule has 0 aliphatic rings. The normalized spacial score (nSPS) is 10.0. The minimum absolute atomic E-state index is 0.0361. The number of hydrogen-bond donors (Lipinski definition) is 0. The van der Waals surface area contributed by atoms with Crippen molar-refractivity contribution in [3.8, 4) is 6.07 Å². The van der Waals surface area contributed by atoms with Gasteiger partial charge < -0.3 is 4.74 Å². The Labute approximate surface area is 118 Å². The van der Waals surface area contributed by atoms with Crippen molar-refractivity contribution in [3.63, 3.8) is 0 Å². The highest BCUT2D eigenvalue weighted by Crippen LogP contribution is 2.19. The van der Waals surface area contributed by atoms with Crippen LogP contribution in [0.5, 0.6) is 0 Å². The summed E-state index contributed by atoms with van der Waals surface area (Å²) >= 11 is 1.36. The van der Waals surface area contributed by atoms with Gasteiger partial charge >= 0.3 is 5.97 Å². The van der Waals surface area contributed by atoms with Crippen molar-refractivity contribution in [2.45, 2.75) is 17.5 Å². The number of hydrogen-bond acceptors (Lipinski definition) is 8. The van der Waals surface area contributed by atoms with E-state index in [0.717, 1.165) is 5.56 Å². The number of methoxy groups -OCH3 is 1. The molecule has 2 aromatic heterocycles. The fourth-order valence-electron chi connectivity index (χ4n) is 1.36. The van der Waals surface area contributed by atoms with Crippen LogP contribution in [0.3, 0.4) is 0 Å². The van der Waals surface area contributed by atoms with Crippen LogP contribution in [-0.4, -0.2) is 38.3 Å². The van der Waals surface area contributed by atoms with Gasteiger partial charge in [-0.1, -0.05) is 11.8 Å². The molecule has 0 saturated heterocycles. The summed E-state index contributed by atoms with van der Waals surface area (Å²) in [6.45, 7) is -0.0361. The molecule has 0 aliphatic carbocycles. The van der Waals surface area contributed by atoms with Gasteiger partial charge in [-0.15, -0.1) is 5.10 Å². The lowest BCUT2D eigenvalue weighted by atomic mass is 10.2. The zero-order chi connectivity index (χ0) is 14.4. The molecule has 0 aromatic carbocycles. The van der Waals surface area contributed by atoms with Crippen molar-refractivity contribution in [1.82, 2.24) is 25.2 Å². The summed E-state index contributed by atoms with van der Waals surface area (Å²) in [6, 6.07) is 5.48. The van der Waals surface area contributed by atoms with Gasteiger partial charge in [-0.3, -0.25) is 4.79 Å². The fourth-order valence-corrected chi connectivity index (χ4v) is 2.18. The van der Waals surface area contributed by atoms with Gasteiger partial charge in [0, 0.05) is 11.9 Å². The van der Waals surface area contributed by atoms with E-state index >= 15 is 0 Å². The Kier molecular flexibility index (Phi) is 4.62. The zero-order valence-electron chi connectivity index (χ0n) is 10.6. The SMILES string of the molecule is COC(=O)Cn1nnnc1SCc1ccnc(C#N)c1. The van der Waals surface area contributed by atoms with Crippen molar-refractivity contribution < 1.29 is 9.53 Å². The second kappa shape index (κ2) is 6.63. The van der Waals surface area contributed by atoms with E-state index in [9.17, 15) is 4.79 Å². The average molecular weight is 290 g/mol. The van der Waals surface area contributed by atoms with Gasteiger partial charge in [0.15, 0.2) is 0 Å². The number of nitriles is 1. The molecular weight excluding hydrogens is 280 g/mol. The lowest BCUT2D eigenvalue weighted by molar-refractivity contribution is -0.141. The molecule has 0 atom stereocenters. The molecule has 0 amide bonds. The Morgan fingerprint density at radius 3 is 3.20 bits per heavy atom. The Morgan fingerprint density at radius 2 is 2.45 bits per heavy atom. The maximum Gasteiger partial charge on any atom is 0.327 e. The minimum Gasteiger partial charge on any atom is -0.468 e. The van der Waals surface area contributed by atoms with Crippen molar-refractivity contribution >= 4 is 17.7 Å². The standard InChI is InChI=1S/C11H10N6O2S/c1-19-10(18)6-17-11(14-15-16-17)20-7-8-2-3-13-9(4-8)5-12/h2-4H,6-7H2,1H3. The van der Waals surface area contributed by atoms with Gasteiger partial charge in [-0.05, 0) is 28.1 Å². The van der Waals surface area contributed by atoms with E-state index in [1.165, 1.54) is 23.6 Å². The molecule has 0 bridgehead atoms. The van der Waals surface area contributed by atoms with Crippen LogP contribution in [0.2, 0.25) is 0 Å². The van der Waals surface area contributed by atoms with Crippen LogP contribution in [-0.2, 0) is 21.8 Å². The van der Waals surface area contributed by atoms with Gasteiger partial charge in [0.25, 0.3) is 0 Å². The summed E-state index contributed by atoms with van der Waals surface area (Å²) in [5, 5.41) is 20.4. The molecular formula is C11H10N6O2S. The third-order valence-corrected chi connectivity index (χ3v) is 3.34. The first kappa shape index (κ1) is 14.0. The van der Waals surface area contributed by atoms with Crippen LogP contribution in [0.25, 0.3) is 0 Å². The monoisotopic (exact) mass is 290 g/mol. The predicted octanol–water partition coefficient (Wildman–Crippen LogP) is 0.405. The average Bonchev–Trinajstić information content (AvgIpc) is 2.92. The van der Waals surface area contributed by atoms with Gasteiger partial charge in [-0.25, -0.2) is 9.67 Å². The third-order valence-electron chi connectivity index (χ3n) is 2.31. The maximum absolute atomic E-state index is 11.2. The molecule has 102 valence electrons. The van der Waals surface area contributed by atoms with E-state index in [1.54, 1.807) is 12.3 Å². The van der Waals surface area contributed by atoms with Gasteiger partial charge in [0.1, 0.15) is 18.3 Å². The number of tetrazole rings is 1. The second-order valence-electron chi connectivity index (χ2n) is 3.65. The highest BCUT2D eigenvalue weighted by Gasteiger charge is 2.11. The lowest BCUT2D eigenvalue weighted by Crippen LogP contribution is -2.13. The molecule has 0 spiro atoms. The molecule has 0 fully saturated rings. The molecule has 8 nitrogen and oxygen atoms in total. The van der Waals surface area contributed by atoms with E-state index in [1.807, 2.05) is 12.1 Å². The van der Waals surface area contributed by atoms with Crippen LogP contribution in [0.4, 0.5) is 0 Å². The molecule has 0 radical (unpaired) electrons. The van der Waals surface area contributed by atoms with Crippen LogP contribution >= 0.6 is 11.8 Å². The molecule has 0 N–H and O–H groups in total. The topological polar surface area (TPSA) is 107 Å². The lowest BCUT2D eigenvalue weighted by Gasteiger charge is -2.03. The summed E-state index contributed by atoms with van der Waals surface area (Å²) in [4.78, 5) is 15.1. The Morgan fingerprint density at radius 1 is 1.60 bits per heavy atom. The molecule has 2 rings (SSSR count). The van der Waals surface area contributed by atoms with E-state index in [0.29, 0.717) is 16.6 Å². The van der Waals surface area contributed by atoms with Crippen molar-refractivity contribution in [2.24, 2.45) is 0 Å². The largest absolute Gasteiger partial charge is 0.468 e. The van der Waals surface area contributed by atoms with Gasteiger partial charge in [0.05, 0.1) is 7.11 Å². The van der Waals surface area contributed by atoms with E-state index in [2.05, 4.69) is 25.2 Å². The molecule has 0 aliphatic heterocycles. The quantitative estimate of drug-likeness (QED) is 0.575. The first-order valence-electron chi connectivity index (χ1n) is 5.53. The fraction of sp³-hybridized carbons (Fsp3) is 0.273. The van der Waals surface area contributed by atoms with Gasteiger partial charge in [-0.2, -0.15) is 5.26 Å². The van der Waals surface area contributed by atoms with Crippen LogP contribution < -0.4 is 0 Å². The first-order valence-corrected chi connectivity index (χ1v) is 6.52. The molecule has 9 heteroatoms. The third kappa shape index (κ3) is 3.52. The van der Waals surface area contributed by atoms with Crippen molar-refractivity contribution in [1.29, 1.82) is 5.26 Å². The van der Waals surface area contributed by atoms with Crippen LogP contribution in [0, 0.1) is 11.3 Å². The molecule has 2 heterocycles. The number of esters is 1. The van der Waals surface area contributed by atoms with E-state index in [4.69, 9.17) is 5.26 Å². The number of pyridine rings is 1. The summed E-state index contributed by atoms with van der Waals surface area (Å²) in [5.74, 6) is 0.147. The molecule has 20 heavy (non-hydrogen) atoms. The van der Waals surface area contributed by atoms with Crippen molar-refractivity contribution in [3.05, 3.63) is 29.6 Å². The second-order valence-corrected chi connectivity index (χ2v) is 4.59. The first-order chi connectivity index (χ1) is 9.72. The number of ether oxygens (including phenoxy) is 1.